The number of hydrogen-bond acceptors (Lipinski definition) is 3. The van der Waals surface area contributed by atoms with E-state index < -0.39 is 0 Å². The average molecular weight is 228 g/mol. The first-order valence-electron chi connectivity index (χ1n) is 5.46. The van der Waals surface area contributed by atoms with Crippen molar-refractivity contribution in [1.82, 2.24) is 0 Å². The van der Waals surface area contributed by atoms with Crippen LogP contribution in [0, 0.1) is 6.92 Å². The Labute approximate surface area is 101 Å². The van der Waals surface area contributed by atoms with Gasteiger partial charge in [-0.3, -0.25) is 0 Å². The second kappa shape index (κ2) is 4.78. The van der Waals surface area contributed by atoms with E-state index in [9.17, 15) is 0 Å². The second-order valence-corrected chi connectivity index (χ2v) is 3.93. The van der Waals surface area contributed by atoms with Crippen LogP contribution in [0.15, 0.2) is 42.5 Å². The van der Waals surface area contributed by atoms with Gasteiger partial charge in [0, 0.05) is 23.1 Å². The van der Waals surface area contributed by atoms with Gasteiger partial charge in [-0.25, -0.2) is 0 Å². The van der Waals surface area contributed by atoms with E-state index in [0.29, 0.717) is 0 Å². The lowest BCUT2D eigenvalue weighted by Crippen LogP contribution is -1.95. The SMILES string of the molecule is COc1cccc(Nc2ccc(N)cc2C)c1. The second-order valence-electron chi connectivity index (χ2n) is 3.93. The minimum Gasteiger partial charge on any atom is -0.497 e. The molecule has 3 nitrogen and oxygen atoms in total. The van der Waals surface area contributed by atoms with Crippen LogP contribution in [-0.4, -0.2) is 7.11 Å². The zero-order chi connectivity index (χ0) is 12.3. The van der Waals surface area contributed by atoms with Gasteiger partial charge in [-0.1, -0.05) is 6.07 Å². The molecular formula is C14H16N2O. The van der Waals surface area contributed by atoms with Crippen molar-refractivity contribution in [2.24, 2.45) is 0 Å². The van der Waals surface area contributed by atoms with Crippen molar-refractivity contribution >= 4 is 17.1 Å². The van der Waals surface area contributed by atoms with Crippen LogP contribution < -0.4 is 15.8 Å². The molecule has 2 rings (SSSR count). The lowest BCUT2D eigenvalue weighted by molar-refractivity contribution is 0.415. The zero-order valence-corrected chi connectivity index (χ0v) is 10.0. The number of methoxy groups -OCH3 is 1. The molecule has 2 aromatic carbocycles. The number of aryl methyl sites for hydroxylation is 1. The molecule has 0 aromatic heterocycles. The molecule has 0 radical (unpaired) electrons. The van der Waals surface area contributed by atoms with Crippen LogP contribution in [0.3, 0.4) is 0 Å². The molecule has 0 amide bonds. The van der Waals surface area contributed by atoms with Crippen molar-refractivity contribution in [1.29, 1.82) is 0 Å². The third-order valence-electron chi connectivity index (χ3n) is 2.60. The van der Waals surface area contributed by atoms with Crippen LogP contribution in [0.1, 0.15) is 5.56 Å². The summed E-state index contributed by atoms with van der Waals surface area (Å²) in [5, 5.41) is 3.34. The van der Waals surface area contributed by atoms with Crippen molar-refractivity contribution in [2.75, 3.05) is 18.2 Å². The molecule has 0 aliphatic rings. The first-order valence-corrected chi connectivity index (χ1v) is 5.46. The highest BCUT2D eigenvalue weighted by Gasteiger charge is 2.00. The van der Waals surface area contributed by atoms with Gasteiger partial charge in [0.2, 0.25) is 0 Å². The molecular weight excluding hydrogens is 212 g/mol. The van der Waals surface area contributed by atoms with Gasteiger partial charge in [-0.2, -0.15) is 0 Å². The van der Waals surface area contributed by atoms with Gasteiger partial charge in [0.05, 0.1) is 7.11 Å². The summed E-state index contributed by atoms with van der Waals surface area (Å²) in [5.41, 5.74) is 9.66. The van der Waals surface area contributed by atoms with Crippen LogP contribution in [-0.2, 0) is 0 Å². The minimum absolute atomic E-state index is 0.777. The molecule has 3 N–H and O–H groups in total. The molecule has 0 fully saturated rings. The van der Waals surface area contributed by atoms with Crippen LogP contribution in [0.25, 0.3) is 0 Å². The quantitative estimate of drug-likeness (QED) is 0.792. The Bertz CT molecular complexity index is 523. The van der Waals surface area contributed by atoms with Crippen LogP contribution >= 0.6 is 0 Å². The standard InChI is InChI=1S/C14H16N2O/c1-10-8-11(15)6-7-14(10)16-12-4-3-5-13(9-12)17-2/h3-9,16H,15H2,1-2H3. The zero-order valence-electron chi connectivity index (χ0n) is 10.0. The summed E-state index contributed by atoms with van der Waals surface area (Å²) in [6, 6.07) is 13.6. The fourth-order valence-corrected chi connectivity index (χ4v) is 1.68. The van der Waals surface area contributed by atoms with E-state index in [2.05, 4.69) is 5.32 Å². The van der Waals surface area contributed by atoms with Crippen LogP contribution in [0.5, 0.6) is 5.75 Å². The van der Waals surface area contributed by atoms with Gasteiger partial charge in [-0.15, -0.1) is 0 Å². The van der Waals surface area contributed by atoms with E-state index in [1.54, 1.807) is 7.11 Å². The van der Waals surface area contributed by atoms with E-state index in [1.165, 1.54) is 0 Å². The molecule has 17 heavy (non-hydrogen) atoms. The van der Waals surface area contributed by atoms with E-state index in [1.807, 2.05) is 49.4 Å². The molecule has 2 aromatic rings. The average Bonchev–Trinajstić information content (AvgIpc) is 2.33. The highest BCUT2D eigenvalue weighted by molar-refractivity contribution is 5.66. The fraction of sp³-hybridized carbons (Fsp3) is 0.143. The molecule has 3 heteroatoms. The molecule has 0 saturated carbocycles. The van der Waals surface area contributed by atoms with Crippen molar-refractivity contribution in [3.05, 3.63) is 48.0 Å². The largest absolute Gasteiger partial charge is 0.497 e. The Morgan fingerprint density at radius 2 is 1.94 bits per heavy atom. The van der Waals surface area contributed by atoms with Gasteiger partial charge in [0.25, 0.3) is 0 Å². The van der Waals surface area contributed by atoms with Gasteiger partial charge in [0.15, 0.2) is 0 Å². The van der Waals surface area contributed by atoms with Gasteiger partial charge in [0.1, 0.15) is 5.75 Å². The summed E-state index contributed by atoms with van der Waals surface area (Å²) in [4.78, 5) is 0. The first-order chi connectivity index (χ1) is 8.19. The Morgan fingerprint density at radius 3 is 2.65 bits per heavy atom. The third-order valence-corrected chi connectivity index (χ3v) is 2.60. The summed E-state index contributed by atoms with van der Waals surface area (Å²) in [6.07, 6.45) is 0. The Morgan fingerprint density at radius 1 is 1.12 bits per heavy atom. The first kappa shape index (κ1) is 11.3. The molecule has 0 unspecified atom stereocenters. The van der Waals surface area contributed by atoms with Gasteiger partial charge in [-0.05, 0) is 42.8 Å². The number of benzene rings is 2. The maximum Gasteiger partial charge on any atom is 0.120 e. The van der Waals surface area contributed by atoms with E-state index in [-0.39, 0.29) is 0 Å². The summed E-state index contributed by atoms with van der Waals surface area (Å²) in [7, 11) is 1.66. The maximum absolute atomic E-state index is 5.72. The number of hydrogen-bond donors (Lipinski definition) is 2. The highest BCUT2D eigenvalue weighted by Crippen LogP contribution is 2.24. The molecule has 88 valence electrons. The number of anilines is 3. The van der Waals surface area contributed by atoms with Crippen molar-refractivity contribution < 1.29 is 4.74 Å². The Balaban J connectivity index is 2.25. The van der Waals surface area contributed by atoms with E-state index in [4.69, 9.17) is 10.5 Å². The van der Waals surface area contributed by atoms with Crippen molar-refractivity contribution in [2.45, 2.75) is 6.92 Å². The van der Waals surface area contributed by atoms with Crippen molar-refractivity contribution in [3.8, 4) is 5.75 Å². The topological polar surface area (TPSA) is 47.3 Å². The minimum atomic E-state index is 0.777. The predicted molar refractivity (Wildman–Crippen MR) is 71.9 cm³/mol. The van der Waals surface area contributed by atoms with Crippen LogP contribution in [0.2, 0.25) is 0 Å². The number of nitrogens with one attached hydrogen (secondary N) is 1. The Kier molecular flexibility index (Phi) is 3.19. The molecule has 0 spiro atoms. The lowest BCUT2D eigenvalue weighted by atomic mass is 10.1. The number of rotatable bonds is 3. The van der Waals surface area contributed by atoms with Crippen LogP contribution in [0.4, 0.5) is 17.1 Å². The summed E-state index contributed by atoms with van der Waals surface area (Å²) >= 11 is 0. The van der Waals surface area contributed by atoms with Gasteiger partial charge < -0.3 is 15.8 Å². The van der Waals surface area contributed by atoms with E-state index in [0.717, 1.165) is 28.4 Å². The molecule has 0 atom stereocenters. The summed E-state index contributed by atoms with van der Waals surface area (Å²) < 4.78 is 5.18. The maximum atomic E-state index is 5.72. The molecule has 0 bridgehead atoms. The van der Waals surface area contributed by atoms with E-state index >= 15 is 0 Å². The molecule has 0 saturated heterocycles. The molecule has 0 aliphatic carbocycles. The number of ether oxygens (including phenoxy) is 1. The Hall–Kier alpha value is -2.16. The highest BCUT2D eigenvalue weighted by atomic mass is 16.5. The fourth-order valence-electron chi connectivity index (χ4n) is 1.68. The van der Waals surface area contributed by atoms with Gasteiger partial charge >= 0.3 is 0 Å². The lowest BCUT2D eigenvalue weighted by Gasteiger charge is -2.11. The monoisotopic (exact) mass is 228 g/mol. The molecule has 0 aliphatic heterocycles. The summed E-state index contributed by atoms with van der Waals surface area (Å²) in [6.45, 7) is 2.03. The van der Waals surface area contributed by atoms with Crippen molar-refractivity contribution in [3.63, 3.8) is 0 Å². The third kappa shape index (κ3) is 2.69. The summed E-state index contributed by atoms with van der Waals surface area (Å²) in [5.74, 6) is 0.836. The number of nitrogens with two attached hydrogens (primary N) is 1. The smallest absolute Gasteiger partial charge is 0.120 e. The number of nitrogen functional groups attached to an aromatic ring is 1. The molecule has 0 heterocycles. The normalized spacial score (nSPS) is 10.0. The predicted octanol–water partition coefficient (Wildman–Crippen LogP) is 3.33.